The molecule has 1 atom stereocenters. The molecule has 0 amide bonds. The monoisotopic (exact) mass is 330 g/mol. The zero-order valence-corrected chi connectivity index (χ0v) is 15.2. The normalized spacial score (nSPS) is 18.9. The van der Waals surface area contributed by atoms with Crippen LogP contribution in [0.25, 0.3) is 10.9 Å². The highest BCUT2D eigenvalue weighted by molar-refractivity contribution is 5.94. The van der Waals surface area contributed by atoms with Gasteiger partial charge in [0, 0.05) is 24.7 Å². The summed E-state index contributed by atoms with van der Waals surface area (Å²) in [6.07, 6.45) is 0. The minimum Gasteiger partial charge on any atom is -0.480 e. The highest BCUT2D eigenvalue weighted by atomic mass is 16.5. The van der Waals surface area contributed by atoms with Crippen LogP contribution in [0.2, 0.25) is 0 Å². The van der Waals surface area contributed by atoms with Crippen LogP contribution in [-0.4, -0.2) is 48.4 Å². The average Bonchev–Trinajstić information content (AvgIpc) is 2.77. The summed E-state index contributed by atoms with van der Waals surface area (Å²) in [4.78, 5) is 16.4. The molecule has 1 aliphatic heterocycles. The molecule has 1 saturated heterocycles. The third kappa shape index (κ3) is 3.29. The van der Waals surface area contributed by atoms with Crippen molar-refractivity contribution in [1.82, 2.24) is 15.0 Å². The SMILES string of the molecule is COc1nc(C)cc2nc(C(C)C)nc(N3CCOCC(C)C3)c12. The van der Waals surface area contributed by atoms with Crippen molar-refractivity contribution in [2.75, 3.05) is 38.3 Å². The van der Waals surface area contributed by atoms with Crippen LogP contribution in [0, 0.1) is 12.8 Å². The molecule has 1 fully saturated rings. The molecule has 1 aliphatic rings. The van der Waals surface area contributed by atoms with Gasteiger partial charge in [-0.15, -0.1) is 0 Å². The minimum atomic E-state index is 0.258. The maximum Gasteiger partial charge on any atom is 0.226 e. The average molecular weight is 330 g/mol. The summed E-state index contributed by atoms with van der Waals surface area (Å²) >= 11 is 0. The Kier molecular flexibility index (Phi) is 4.85. The van der Waals surface area contributed by atoms with Gasteiger partial charge in [0.1, 0.15) is 17.0 Å². The van der Waals surface area contributed by atoms with Crippen LogP contribution < -0.4 is 9.64 Å². The predicted molar refractivity (Wildman–Crippen MR) is 94.9 cm³/mol. The van der Waals surface area contributed by atoms with Crippen molar-refractivity contribution in [3.05, 3.63) is 17.6 Å². The van der Waals surface area contributed by atoms with Crippen LogP contribution in [0.1, 0.15) is 38.2 Å². The molecule has 6 nitrogen and oxygen atoms in total. The van der Waals surface area contributed by atoms with E-state index in [1.807, 2.05) is 13.0 Å². The molecule has 24 heavy (non-hydrogen) atoms. The Labute approximate surface area is 143 Å². The van der Waals surface area contributed by atoms with Crippen LogP contribution in [-0.2, 0) is 4.74 Å². The maximum atomic E-state index is 5.69. The van der Waals surface area contributed by atoms with E-state index >= 15 is 0 Å². The number of aromatic nitrogens is 3. The number of anilines is 1. The van der Waals surface area contributed by atoms with Gasteiger partial charge in [0.2, 0.25) is 5.88 Å². The van der Waals surface area contributed by atoms with Gasteiger partial charge in [0.25, 0.3) is 0 Å². The Bertz CT molecular complexity index is 733. The van der Waals surface area contributed by atoms with Crippen molar-refractivity contribution in [2.45, 2.75) is 33.6 Å². The number of hydrogen-bond donors (Lipinski definition) is 0. The van der Waals surface area contributed by atoms with E-state index in [0.29, 0.717) is 18.4 Å². The van der Waals surface area contributed by atoms with Crippen molar-refractivity contribution < 1.29 is 9.47 Å². The molecule has 0 aromatic carbocycles. The highest BCUT2D eigenvalue weighted by Crippen LogP contribution is 2.33. The van der Waals surface area contributed by atoms with Gasteiger partial charge in [-0.2, -0.15) is 0 Å². The molecule has 3 heterocycles. The van der Waals surface area contributed by atoms with Crippen molar-refractivity contribution in [3.8, 4) is 5.88 Å². The number of fused-ring (bicyclic) bond motifs is 1. The smallest absolute Gasteiger partial charge is 0.226 e. The van der Waals surface area contributed by atoms with E-state index in [9.17, 15) is 0 Å². The summed E-state index contributed by atoms with van der Waals surface area (Å²) in [5.41, 5.74) is 1.79. The Morgan fingerprint density at radius 1 is 1.29 bits per heavy atom. The number of nitrogens with zero attached hydrogens (tertiary/aromatic N) is 4. The van der Waals surface area contributed by atoms with E-state index in [1.165, 1.54) is 0 Å². The Morgan fingerprint density at radius 2 is 2.08 bits per heavy atom. The fraction of sp³-hybridized carbons (Fsp3) is 0.611. The van der Waals surface area contributed by atoms with Crippen LogP contribution in [0.5, 0.6) is 5.88 Å². The first-order valence-electron chi connectivity index (χ1n) is 8.55. The summed E-state index contributed by atoms with van der Waals surface area (Å²) in [7, 11) is 1.65. The molecule has 0 saturated carbocycles. The fourth-order valence-electron chi connectivity index (χ4n) is 3.05. The van der Waals surface area contributed by atoms with Crippen LogP contribution in [0.15, 0.2) is 6.07 Å². The lowest BCUT2D eigenvalue weighted by atomic mass is 10.1. The van der Waals surface area contributed by atoms with Crippen molar-refractivity contribution in [2.24, 2.45) is 5.92 Å². The second-order valence-corrected chi connectivity index (χ2v) is 6.85. The first-order chi connectivity index (χ1) is 11.5. The zero-order chi connectivity index (χ0) is 17.3. The number of ether oxygens (including phenoxy) is 2. The highest BCUT2D eigenvalue weighted by Gasteiger charge is 2.23. The quantitative estimate of drug-likeness (QED) is 0.862. The lowest BCUT2D eigenvalue weighted by Crippen LogP contribution is -2.30. The second kappa shape index (κ2) is 6.89. The summed E-state index contributed by atoms with van der Waals surface area (Å²) in [6, 6.07) is 2.01. The number of hydrogen-bond acceptors (Lipinski definition) is 6. The molecule has 3 rings (SSSR count). The second-order valence-electron chi connectivity index (χ2n) is 6.85. The molecule has 2 aromatic rings. The Morgan fingerprint density at radius 3 is 2.79 bits per heavy atom. The predicted octanol–water partition coefficient (Wildman–Crippen LogP) is 2.94. The van der Waals surface area contributed by atoms with E-state index in [2.05, 4.69) is 30.7 Å². The van der Waals surface area contributed by atoms with Gasteiger partial charge in [0.05, 0.1) is 25.8 Å². The third-order valence-electron chi connectivity index (χ3n) is 4.22. The minimum absolute atomic E-state index is 0.258. The molecular weight excluding hydrogens is 304 g/mol. The molecule has 0 spiro atoms. The zero-order valence-electron chi connectivity index (χ0n) is 15.2. The molecule has 0 N–H and O–H groups in total. The van der Waals surface area contributed by atoms with E-state index < -0.39 is 0 Å². The molecule has 130 valence electrons. The van der Waals surface area contributed by atoms with Crippen LogP contribution >= 0.6 is 0 Å². The van der Waals surface area contributed by atoms with Crippen molar-refractivity contribution in [3.63, 3.8) is 0 Å². The summed E-state index contributed by atoms with van der Waals surface area (Å²) in [5.74, 6) is 3.05. The first-order valence-corrected chi connectivity index (χ1v) is 8.55. The maximum absolute atomic E-state index is 5.69. The summed E-state index contributed by atoms with van der Waals surface area (Å²) < 4.78 is 11.2. The van der Waals surface area contributed by atoms with E-state index in [1.54, 1.807) is 7.11 Å². The van der Waals surface area contributed by atoms with Crippen molar-refractivity contribution >= 4 is 16.7 Å². The number of aryl methyl sites for hydroxylation is 1. The molecule has 2 aromatic heterocycles. The lowest BCUT2D eigenvalue weighted by molar-refractivity contribution is 0.129. The Hall–Kier alpha value is -1.95. The standard InChI is InChI=1S/C18H26N4O2/c1-11(2)16-20-14-8-13(4)19-18(23-5)15(14)17(21-16)22-6-7-24-10-12(3)9-22/h8,11-12H,6-7,9-10H2,1-5H3. The molecule has 0 bridgehead atoms. The topological polar surface area (TPSA) is 60.4 Å². The van der Waals surface area contributed by atoms with Gasteiger partial charge in [-0.3, -0.25) is 0 Å². The number of rotatable bonds is 3. The van der Waals surface area contributed by atoms with Gasteiger partial charge in [0.15, 0.2) is 0 Å². The van der Waals surface area contributed by atoms with Gasteiger partial charge in [-0.25, -0.2) is 15.0 Å². The summed E-state index contributed by atoms with van der Waals surface area (Å²) in [5, 5.41) is 0.890. The van der Waals surface area contributed by atoms with Gasteiger partial charge in [-0.05, 0) is 18.9 Å². The van der Waals surface area contributed by atoms with Gasteiger partial charge >= 0.3 is 0 Å². The summed E-state index contributed by atoms with van der Waals surface area (Å²) in [6.45, 7) is 11.6. The van der Waals surface area contributed by atoms with E-state index in [4.69, 9.17) is 19.4 Å². The molecule has 0 radical (unpaired) electrons. The Balaban J connectivity index is 2.22. The third-order valence-corrected chi connectivity index (χ3v) is 4.22. The first kappa shape index (κ1) is 16.9. The van der Waals surface area contributed by atoms with Crippen LogP contribution in [0.4, 0.5) is 5.82 Å². The lowest BCUT2D eigenvalue weighted by Gasteiger charge is -2.25. The fourth-order valence-corrected chi connectivity index (χ4v) is 3.05. The number of pyridine rings is 1. The van der Waals surface area contributed by atoms with Crippen LogP contribution in [0.3, 0.4) is 0 Å². The molecular formula is C18H26N4O2. The van der Waals surface area contributed by atoms with Gasteiger partial charge in [-0.1, -0.05) is 20.8 Å². The molecule has 6 heteroatoms. The van der Waals surface area contributed by atoms with E-state index in [0.717, 1.165) is 47.9 Å². The number of methoxy groups -OCH3 is 1. The molecule has 1 unspecified atom stereocenters. The van der Waals surface area contributed by atoms with E-state index in [-0.39, 0.29) is 5.92 Å². The van der Waals surface area contributed by atoms with Gasteiger partial charge < -0.3 is 14.4 Å². The molecule has 0 aliphatic carbocycles. The van der Waals surface area contributed by atoms with Crippen molar-refractivity contribution in [1.29, 1.82) is 0 Å². The largest absolute Gasteiger partial charge is 0.480 e.